The van der Waals surface area contributed by atoms with Crippen molar-refractivity contribution in [3.63, 3.8) is 0 Å². The maximum absolute atomic E-state index is 9.16. The first-order chi connectivity index (χ1) is 5.04. The van der Waals surface area contributed by atoms with Crippen LogP contribution in [0.4, 0.5) is 0 Å². The summed E-state index contributed by atoms with van der Waals surface area (Å²) in [4.78, 5) is 0. The van der Waals surface area contributed by atoms with Gasteiger partial charge in [0.15, 0.2) is 0 Å². The van der Waals surface area contributed by atoms with E-state index in [9.17, 15) is 0 Å². The third-order valence-electron chi connectivity index (χ3n) is 1.70. The summed E-state index contributed by atoms with van der Waals surface area (Å²) in [5, 5.41) is 18.7. The Morgan fingerprint density at radius 2 is 1.45 bits per heavy atom. The molecule has 0 aliphatic heterocycles. The minimum atomic E-state index is 0.0260. The molecule has 2 N–H and O–H groups in total. The molecule has 60 valence electrons. The van der Waals surface area contributed by atoms with E-state index in [0.717, 1.165) is 0 Å². The number of hydrogen-bond acceptors (Lipinski definition) is 2. The first kappa shape index (κ1) is 8.21. The second kappa shape index (κ2) is 2.62. The average molecular weight is 173 g/mol. The van der Waals surface area contributed by atoms with Gasteiger partial charge in [0.25, 0.3) is 0 Å². The molecule has 0 aromatic heterocycles. The summed E-state index contributed by atoms with van der Waals surface area (Å²) in [7, 11) is 0. The molecule has 11 heavy (non-hydrogen) atoms. The fourth-order valence-electron chi connectivity index (χ4n) is 0.852. The fourth-order valence-corrected chi connectivity index (χ4v) is 1.05. The van der Waals surface area contributed by atoms with Crippen LogP contribution in [0.2, 0.25) is 5.02 Å². The molecule has 0 aliphatic carbocycles. The first-order valence-electron chi connectivity index (χ1n) is 3.21. The van der Waals surface area contributed by atoms with Crippen molar-refractivity contribution in [2.24, 2.45) is 0 Å². The van der Waals surface area contributed by atoms with E-state index in [2.05, 4.69) is 0 Å². The normalized spacial score (nSPS) is 10.1. The monoisotopic (exact) mass is 172 g/mol. The van der Waals surface area contributed by atoms with Gasteiger partial charge in [-0.15, -0.1) is 0 Å². The van der Waals surface area contributed by atoms with Crippen LogP contribution in [-0.4, -0.2) is 10.2 Å². The lowest BCUT2D eigenvalue weighted by Gasteiger charge is -2.06. The summed E-state index contributed by atoms with van der Waals surface area (Å²) >= 11 is 5.77. The van der Waals surface area contributed by atoms with Gasteiger partial charge in [0.05, 0.1) is 5.02 Å². The Hall–Kier alpha value is -0.890. The molecule has 0 atom stereocenters. The summed E-state index contributed by atoms with van der Waals surface area (Å²) < 4.78 is 0. The average Bonchev–Trinajstić information content (AvgIpc) is 1.97. The van der Waals surface area contributed by atoms with Crippen molar-refractivity contribution in [3.05, 3.63) is 22.2 Å². The van der Waals surface area contributed by atoms with Crippen molar-refractivity contribution >= 4 is 11.6 Å². The van der Waals surface area contributed by atoms with E-state index in [1.54, 1.807) is 13.8 Å². The van der Waals surface area contributed by atoms with E-state index in [4.69, 9.17) is 21.8 Å². The predicted molar refractivity (Wildman–Crippen MR) is 44.3 cm³/mol. The van der Waals surface area contributed by atoms with Crippen LogP contribution in [0.15, 0.2) is 6.07 Å². The number of halogens is 1. The van der Waals surface area contributed by atoms with Crippen molar-refractivity contribution < 1.29 is 10.2 Å². The van der Waals surface area contributed by atoms with Crippen LogP contribution in [-0.2, 0) is 0 Å². The Labute approximate surface area is 70.1 Å². The molecule has 0 bridgehead atoms. The Morgan fingerprint density at radius 3 is 1.82 bits per heavy atom. The molecule has 0 saturated heterocycles. The molecule has 0 unspecified atom stereocenters. The summed E-state index contributed by atoms with van der Waals surface area (Å²) in [5.41, 5.74) is 1.20. The number of hydrogen-bond donors (Lipinski definition) is 2. The van der Waals surface area contributed by atoms with Gasteiger partial charge in [-0.25, -0.2) is 0 Å². The number of benzene rings is 1. The van der Waals surface area contributed by atoms with Crippen molar-refractivity contribution in [1.29, 1.82) is 0 Å². The first-order valence-corrected chi connectivity index (χ1v) is 3.59. The Bertz CT molecular complexity index is 268. The van der Waals surface area contributed by atoms with Gasteiger partial charge in [0.1, 0.15) is 11.5 Å². The quantitative estimate of drug-likeness (QED) is 0.631. The standard InChI is InChI=1S/C8H9ClO2/c1-4-6(10)3-7(11)5(2)8(4)9/h3,10-11H,1-2H3. The Kier molecular flexibility index (Phi) is 1.96. The van der Waals surface area contributed by atoms with Gasteiger partial charge in [0, 0.05) is 17.2 Å². The highest BCUT2D eigenvalue weighted by molar-refractivity contribution is 6.32. The molecular weight excluding hydrogens is 164 g/mol. The van der Waals surface area contributed by atoms with Crippen LogP contribution >= 0.6 is 11.6 Å². The molecular formula is C8H9ClO2. The lowest BCUT2D eigenvalue weighted by molar-refractivity contribution is 0.445. The van der Waals surface area contributed by atoms with Crippen molar-refractivity contribution in [1.82, 2.24) is 0 Å². The molecule has 0 radical (unpaired) electrons. The summed E-state index contributed by atoms with van der Waals surface area (Å²) in [6.07, 6.45) is 0. The SMILES string of the molecule is Cc1c(O)cc(O)c(C)c1Cl. The van der Waals surface area contributed by atoms with Crippen LogP contribution in [0.1, 0.15) is 11.1 Å². The van der Waals surface area contributed by atoms with Crippen LogP contribution in [0, 0.1) is 13.8 Å². The van der Waals surface area contributed by atoms with E-state index in [0.29, 0.717) is 16.1 Å². The van der Waals surface area contributed by atoms with E-state index in [1.165, 1.54) is 6.07 Å². The molecule has 0 heterocycles. The van der Waals surface area contributed by atoms with Crippen molar-refractivity contribution in [2.75, 3.05) is 0 Å². The van der Waals surface area contributed by atoms with Gasteiger partial charge in [-0.1, -0.05) is 11.6 Å². The molecule has 1 rings (SSSR count). The predicted octanol–water partition coefficient (Wildman–Crippen LogP) is 2.37. The second-order valence-electron chi connectivity index (χ2n) is 2.48. The highest BCUT2D eigenvalue weighted by Gasteiger charge is 2.08. The van der Waals surface area contributed by atoms with Gasteiger partial charge < -0.3 is 10.2 Å². The minimum absolute atomic E-state index is 0.0260. The number of phenolic OH excluding ortho intramolecular Hbond substituents is 2. The summed E-state index contributed by atoms with van der Waals surface area (Å²) in [6.45, 7) is 3.40. The van der Waals surface area contributed by atoms with Gasteiger partial charge in [-0.2, -0.15) is 0 Å². The van der Waals surface area contributed by atoms with E-state index in [1.807, 2.05) is 0 Å². The van der Waals surface area contributed by atoms with Crippen molar-refractivity contribution in [3.8, 4) is 11.5 Å². The molecule has 0 aliphatic rings. The third-order valence-corrected chi connectivity index (χ3v) is 2.27. The number of aromatic hydroxyl groups is 2. The molecule has 0 spiro atoms. The second-order valence-corrected chi connectivity index (χ2v) is 2.86. The summed E-state index contributed by atoms with van der Waals surface area (Å²) in [5.74, 6) is 0.0520. The molecule has 1 aromatic carbocycles. The lowest BCUT2D eigenvalue weighted by Crippen LogP contribution is -1.82. The zero-order valence-corrected chi connectivity index (χ0v) is 7.11. The van der Waals surface area contributed by atoms with Crippen LogP contribution in [0.3, 0.4) is 0 Å². The Balaban J connectivity index is 3.46. The fraction of sp³-hybridized carbons (Fsp3) is 0.250. The largest absolute Gasteiger partial charge is 0.507 e. The zero-order chi connectivity index (χ0) is 8.59. The highest BCUT2D eigenvalue weighted by atomic mass is 35.5. The molecule has 0 amide bonds. The highest BCUT2D eigenvalue weighted by Crippen LogP contribution is 2.34. The number of rotatable bonds is 0. The zero-order valence-electron chi connectivity index (χ0n) is 6.35. The number of phenols is 2. The lowest BCUT2D eigenvalue weighted by atomic mass is 10.1. The maximum atomic E-state index is 9.16. The smallest absolute Gasteiger partial charge is 0.123 e. The Morgan fingerprint density at radius 1 is 1.09 bits per heavy atom. The van der Waals surface area contributed by atoms with Crippen LogP contribution < -0.4 is 0 Å². The van der Waals surface area contributed by atoms with Crippen LogP contribution in [0.25, 0.3) is 0 Å². The molecule has 3 heteroatoms. The van der Waals surface area contributed by atoms with E-state index >= 15 is 0 Å². The molecule has 0 fully saturated rings. The maximum Gasteiger partial charge on any atom is 0.123 e. The minimum Gasteiger partial charge on any atom is -0.507 e. The third kappa shape index (κ3) is 1.26. The summed E-state index contributed by atoms with van der Waals surface area (Å²) in [6, 6.07) is 1.29. The molecule has 1 aromatic rings. The van der Waals surface area contributed by atoms with Gasteiger partial charge in [-0.05, 0) is 13.8 Å². The van der Waals surface area contributed by atoms with E-state index in [-0.39, 0.29) is 11.5 Å². The van der Waals surface area contributed by atoms with Gasteiger partial charge >= 0.3 is 0 Å². The van der Waals surface area contributed by atoms with Gasteiger partial charge in [-0.3, -0.25) is 0 Å². The topological polar surface area (TPSA) is 40.5 Å². The van der Waals surface area contributed by atoms with Gasteiger partial charge in [0.2, 0.25) is 0 Å². The molecule has 2 nitrogen and oxygen atoms in total. The van der Waals surface area contributed by atoms with E-state index < -0.39 is 0 Å². The molecule has 0 saturated carbocycles. The van der Waals surface area contributed by atoms with Crippen molar-refractivity contribution in [2.45, 2.75) is 13.8 Å². The van der Waals surface area contributed by atoms with Crippen LogP contribution in [0.5, 0.6) is 11.5 Å².